The minimum Gasteiger partial charge on any atom is -0.303 e. The normalized spacial score (nSPS) is 17.9. The second kappa shape index (κ2) is 6.12. The highest BCUT2D eigenvalue weighted by atomic mass is 79.9. The third-order valence-corrected chi connectivity index (χ3v) is 5.16. The molecule has 1 saturated carbocycles. The van der Waals surface area contributed by atoms with Crippen molar-refractivity contribution < 1.29 is 4.79 Å². The molecule has 1 aromatic heterocycles. The second-order valence-electron chi connectivity index (χ2n) is 4.71. The van der Waals surface area contributed by atoms with Crippen LogP contribution in [-0.2, 0) is 11.2 Å². The van der Waals surface area contributed by atoms with E-state index in [1.165, 1.54) is 8.66 Å². The highest BCUT2D eigenvalue weighted by Crippen LogP contribution is 2.24. The Morgan fingerprint density at radius 1 is 1.41 bits per heavy atom. The summed E-state index contributed by atoms with van der Waals surface area (Å²) in [5.41, 5.74) is 0. The van der Waals surface area contributed by atoms with Gasteiger partial charge in [0.05, 0.1) is 3.79 Å². The smallest absolute Gasteiger partial charge is 0.133 e. The average molecular weight is 316 g/mol. The van der Waals surface area contributed by atoms with E-state index in [0.717, 1.165) is 38.6 Å². The third-order valence-electron chi connectivity index (χ3n) is 3.48. The van der Waals surface area contributed by atoms with Crippen LogP contribution in [0.2, 0.25) is 0 Å². The fourth-order valence-electron chi connectivity index (χ4n) is 2.32. The number of likely N-dealkylation sites (N-methyl/N-ethyl adjacent to an activating group) is 1. The van der Waals surface area contributed by atoms with E-state index in [1.54, 1.807) is 0 Å². The molecule has 0 saturated heterocycles. The molecule has 1 heterocycles. The van der Waals surface area contributed by atoms with Gasteiger partial charge >= 0.3 is 0 Å². The standard InChI is InChI=1S/C13H18BrNOS/c1-15(10-2-4-11(16)5-3-10)9-8-12-6-7-13(14)17-12/h6-7,10H,2-5,8-9H2,1H3. The molecular weight excluding hydrogens is 298 g/mol. The lowest BCUT2D eigenvalue weighted by Gasteiger charge is -2.30. The van der Waals surface area contributed by atoms with Crippen molar-refractivity contribution in [3.05, 3.63) is 20.8 Å². The topological polar surface area (TPSA) is 20.3 Å². The number of nitrogens with zero attached hydrogens (tertiary/aromatic N) is 1. The molecule has 0 bridgehead atoms. The van der Waals surface area contributed by atoms with Crippen LogP contribution in [0.25, 0.3) is 0 Å². The van der Waals surface area contributed by atoms with Crippen molar-refractivity contribution in [1.29, 1.82) is 0 Å². The molecule has 94 valence electrons. The van der Waals surface area contributed by atoms with E-state index in [-0.39, 0.29) is 0 Å². The zero-order valence-electron chi connectivity index (χ0n) is 10.1. The summed E-state index contributed by atoms with van der Waals surface area (Å²) < 4.78 is 1.21. The summed E-state index contributed by atoms with van der Waals surface area (Å²) in [6.45, 7) is 1.09. The Morgan fingerprint density at radius 3 is 2.71 bits per heavy atom. The highest BCUT2D eigenvalue weighted by Gasteiger charge is 2.21. The molecule has 2 rings (SSSR count). The van der Waals surface area contributed by atoms with Crippen LogP contribution in [0.4, 0.5) is 0 Å². The summed E-state index contributed by atoms with van der Waals surface area (Å²) in [6.07, 6.45) is 4.75. The lowest BCUT2D eigenvalue weighted by Crippen LogP contribution is -2.36. The van der Waals surface area contributed by atoms with Crippen molar-refractivity contribution >= 4 is 33.0 Å². The molecule has 4 heteroatoms. The first kappa shape index (κ1) is 13.2. The number of thiophene rings is 1. The van der Waals surface area contributed by atoms with Gasteiger partial charge in [-0.25, -0.2) is 0 Å². The summed E-state index contributed by atoms with van der Waals surface area (Å²) in [5.74, 6) is 0.442. The van der Waals surface area contributed by atoms with E-state index in [2.05, 4.69) is 40.0 Å². The van der Waals surface area contributed by atoms with Crippen molar-refractivity contribution in [2.45, 2.75) is 38.1 Å². The van der Waals surface area contributed by atoms with E-state index in [9.17, 15) is 4.79 Å². The first-order valence-electron chi connectivity index (χ1n) is 6.11. The molecule has 1 aromatic rings. The molecule has 0 N–H and O–H groups in total. The van der Waals surface area contributed by atoms with Crippen LogP contribution in [-0.4, -0.2) is 30.3 Å². The lowest BCUT2D eigenvalue weighted by molar-refractivity contribution is -0.121. The quantitative estimate of drug-likeness (QED) is 0.847. The summed E-state index contributed by atoms with van der Waals surface area (Å²) in [5, 5.41) is 0. The fourth-order valence-corrected chi connectivity index (χ4v) is 3.79. The molecule has 0 radical (unpaired) electrons. The summed E-state index contributed by atoms with van der Waals surface area (Å²) in [4.78, 5) is 15.0. The summed E-state index contributed by atoms with van der Waals surface area (Å²) in [6, 6.07) is 4.91. The van der Waals surface area contributed by atoms with Gasteiger partial charge in [0.1, 0.15) is 5.78 Å². The van der Waals surface area contributed by atoms with Gasteiger partial charge in [-0.15, -0.1) is 11.3 Å². The van der Waals surface area contributed by atoms with Gasteiger partial charge in [-0.05, 0) is 54.4 Å². The number of rotatable bonds is 4. The predicted octanol–water partition coefficient (Wildman–Crippen LogP) is 3.50. The van der Waals surface area contributed by atoms with E-state index in [1.807, 2.05) is 11.3 Å². The molecule has 0 atom stereocenters. The van der Waals surface area contributed by atoms with E-state index in [4.69, 9.17) is 0 Å². The van der Waals surface area contributed by atoms with Gasteiger partial charge < -0.3 is 4.90 Å². The van der Waals surface area contributed by atoms with Gasteiger partial charge in [0.2, 0.25) is 0 Å². The highest BCUT2D eigenvalue weighted by molar-refractivity contribution is 9.11. The molecule has 0 unspecified atom stereocenters. The SMILES string of the molecule is CN(CCc1ccc(Br)s1)C1CCC(=O)CC1. The Balaban J connectivity index is 1.77. The number of hydrogen-bond acceptors (Lipinski definition) is 3. The number of hydrogen-bond donors (Lipinski definition) is 0. The molecule has 1 aliphatic carbocycles. The number of ketones is 1. The van der Waals surface area contributed by atoms with Crippen molar-refractivity contribution in [3.8, 4) is 0 Å². The number of Topliss-reactive ketones (excluding diaryl/α,β-unsaturated/α-hetero) is 1. The van der Waals surface area contributed by atoms with Crippen LogP contribution >= 0.6 is 27.3 Å². The van der Waals surface area contributed by atoms with Gasteiger partial charge in [-0.2, -0.15) is 0 Å². The summed E-state index contributed by atoms with van der Waals surface area (Å²) >= 11 is 5.30. The molecular formula is C13H18BrNOS. The van der Waals surface area contributed by atoms with E-state index >= 15 is 0 Å². The Morgan fingerprint density at radius 2 is 2.12 bits per heavy atom. The predicted molar refractivity (Wildman–Crippen MR) is 75.6 cm³/mol. The molecule has 0 aliphatic heterocycles. The van der Waals surface area contributed by atoms with Gasteiger partial charge in [0.15, 0.2) is 0 Å². The minimum atomic E-state index is 0.442. The molecule has 1 aliphatic rings. The maximum atomic E-state index is 11.2. The Labute approximate surface area is 115 Å². The monoisotopic (exact) mass is 315 g/mol. The van der Waals surface area contributed by atoms with Gasteiger partial charge in [0, 0.05) is 30.3 Å². The third kappa shape index (κ3) is 3.90. The van der Waals surface area contributed by atoms with Crippen molar-refractivity contribution in [1.82, 2.24) is 4.90 Å². The molecule has 0 amide bonds. The van der Waals surface area contributed by atoms with Crippen molar-refractivity contribution in [2.24, 2.45) is 0 Å². The minimum absolute atomic E-state index is 0.442. The number of carbonyl (C=O) groups is 1. The van der Waals surface area contributed by atoms with Gasteiger partial charge in [-0.3, -0.25) is 4.79 Å². The van der Waals surface area contributed by atoms with Crippen LogP contribution in [0.1, 0.15) is 30.6 Å². The summed E-state index contributed by atoms with van der Waals surface area (Å²) in [7, 11) is 2.18. The Bertz CT molecular complexity index is 381. The molecule has 2 nitrogen and oxygen atoms in total. The molecule has 0 aromatic carbocycles. The number of carbonyl (C=O) groups excluding carboxylic acids is 1. The maximum absolute atomic E-state index is 11.2. The van der Waals surface area contributed by atoms with Crippen LogP contribution in [0, 0.1) is 0 Å². The van der Waals surface area contributed by atoms with Crippen molar-refractivity contribution in [3.63, 3.8) is 0 Å². The Kier molecular flexibility index (Phi) is 4.77. The second-order valence-corrected chi connectivity index (χ2v) is 7.25. The fraction of sp³-hybridized carbons (Fsp3) is 0.615. The van der Waals surface area contributed by atoms with Crippen LogP contribution in [0.3, 0.4) is 0 Å². The van der Waals surface area contributed by atoms with Crippen LogP contribution in [0.5, 0.6) is 0 Å². The zero-order valence-corrected chi connectivity index (χ0v) is 12.5. The largest absolute Gasteiger partial charge is 0.303 e. The first-order chi connectivity index (χ1) is 8.15. The van der Waals surface area contributed by atoms with E-state index < -0.39 is 0 Å². The van der Waals surface area contributed by atoms with Crippen LogP contribution in [0.15, 0.2) is 15.9 Å². The zero-order chi connectivity index (χ0) is 12.3. The molecule has 0 spiro atoms. The van der Waals surface area contributed by atoms with Gasteiger partial charge in [-0.1, -0.05) is 0 Å². The average Bonchev–Trinajstić information content (AvgIpc) is 2.73. The first-order valence-corrected chi connectivity index (χ1v) is 7.72. The number of halogens is 1. The maximum Gasteiger partial charge on any atom is 0.133 e. The van der Waals surface area contributed by atoms with Gasteiger partial charge in [0.25, 0.3) is 0 Å². The molecule has 1 fully saturated rings. The van der Waals surface area contributed by atoms with Crippen molar-refractivity contribution in [2.75, 3.05) is 13.6 Å². The van der Waals surface area contributed by atoms with E-state index in [0.29, 0.717) is 11.8 Å². The molecule has 17 heavy (non-hydrogen) atoms. The van der Waals surface area contributed by atoms with Crippen LogP contribution < -0.4 is 0 Å². The Hall–Kier alpha value is -0.190. The lowest BCUT2D eigenvalue weighted by atomic mass is 9.93.